The maximum atomic E-state index is 12.5. The number of amides is 3. The van der Waals surface area contributed by atoms with Gasteiger partial charge in [0.2, 0.25) is 17.7 Å². The molecule has 6 nitrogen and oxygen atoms in total. The molecule has 1 aromatic carbocycles. The van der Waals surface area contributed by atoms with Crippen molar-refractivity contribution >= 4 is 40.3 Å². The minimum Gasteiger partial charge on any atom is -0.368 e. The van der Waals surface area contributed by atoms with Gasteiger partial charge >= 0.3 is 0 Å². The lowest BCUT2D eigenvalue weighted by molar-refractivity contribution is -0.131. The summed E-state index contributed by atoms with van der Waals surface area (Å²) in [6.45, 7) is 5.28. The quantitative estimate of drug-likeness (QED) is 0.527. The number of halogens is 1. The Morgan fingerprint density at radius 2 is 1.75 bits per heavy atom. The third-order valence-corrected chi connectivity index (χ3v) is 4.50. The van der Waals surface area contributed by atoms with E-state index >= 15 is 0 Å². The Labute approximate surface area is 156 Å². The molecule has 0 aromatic heterocycles. The second kappa shape index (κ2) is 9.61. The first-order valence-electron chi connectivity index (χ1n) is 7.81. The van der Waals surface area contributed by atoms with E-state index in [4.69, 9.17) is 5.73 Å². The number of hydrogen-bond donors (Lipinski definition) is 3. The van der Waals surface area contributed by atoms with Crippen molar-refractivity contribution in [1.82, 2.24) is 10.6 Å². The lowest BCUT2D eigenvalue weighted by Gasteiger charge is -2.23. The molecule has 1 rings (SSSR count). The topological polar surface area (TPSA) is 101 Å². The van der Waals surface area contributed by atoms with Crippen molar-refractivity contribution < 1.29 is 14.4 Å². The van der Waals surface area contributed by atoms with E-state index in [1.54, 1.807) is 0 Å². The Balaban J connectivity index is 2.85. The molecule has 0 aliphatic heterocycles. The number of carbonyl (C=O) groups is 3. The minimum atomic E-state index is -0.822. The van der Waals surface area contributed by atoms with E-state index in [9.17, 15) is 14.4 Å². The van der Waals surface area contributed by atoms with Crippen LogP contribution in [0.5, 0.6) is 0 Å². The first kappa shape index (κ1) is 20.4. The van der Waals surface area contributed by atoms with Crippen molar-refractivity contribution in [3.8, 4) is 0 Å². The van der Waals surface area contributed by atoms with Gasteiger partial charge in [-0.05, 0) is 46.6 Å². The number of nitrogens with two attached hydrogens (primary N) is 1. The van der Waals surface area contributed by atoms with Crippen LogP contribution in [0.1, 0.15) is 32.8 Å². The zero-order valence-corrected chi connectivity index (χ0v) is 16.3. The van der Waals surface area contributed by atoms with E-state index in [1.807, 2.05) is 38.1 Å². The summed E-state index contributed by atoms with van der Waals surface area (Å²) < 4.78 is 0.996. The van der Waals surface area contributed by atoms with Crippen LogP contribution in [-0.2, 0) is 20.8 Å². The molecule has 0 heterocycles. The van der Waals surface area contributed by atoms with Crippen molar-refractivity contribution in [2.75, 3.05) is 0 Å². The summed E-state index contributed by atoms with van der Waals surface area (Å²) in [6.07, 6.45) is 0.800. The monoisotopic (exact) mass is 445 g/mol. The number of primary amides is 1. The Kier molecular flexibility index (Phi) is 8.17. The van der Waals surface area contributed by atoms with Crippen LogP contribution < -0.4 is 16.4 Å². The molecular formula is C17H24IN3O3. The summed E-state index contributed by atoms with van der Waals surface area (Å²) in [5.74, 6) is -1.07. The molecule has 0 saturated carbocycles. The largest absolute Gasteiger partial charge is 0.368 e. The molecule has 0 bridgehead atoms. The molecule has 0 fully saturated rings. The van der Waals surface area contributed by atoms with E-state index in [0.717, 1.165) is 9.13 Å². The van der Waals surface area contributed by atoms with Crippen LogP contribution in [0.15, 0.2) is 24.3 Å². The van der Waals surface area contributed by atoms with Crippen LogP contribution in [0.4, 0.5) is 0 Å². The van der Waals surface area contributed by atoms with Gasteiger partial charge in [-0.2, -0.15) is 0 Å². The predicted molar refractivity (Wildman–Crippen MR) is 101 cm³/mol. The van der Waals surface area contributed by atoms with Gasteiger partial charge in [-0.3, -0.25) is 14.4 Å². The lowest BCUT2D eigenvalue weighted by atomic mass is 10.0. The third kappa shape index (κ3) is 6.86. The van der Waals surface area contributed by atoms with Gasteiger partial charge in [-0.1, -0.05) is 32.0 Å². The molecule has 0 spiro atoms. The molecule has 3 amide bonds. The maximum absolute atomic E-state index is 12.5. The first-order chi connectivity index (χ1) is 11.2. The van der Waals surface area contributed by atoms with Crippen molar-refractivity contribution in [3.63, 3.8) is 0 Å². The van der Waals surface area contributed by atoms with Crippen LogP contribution in [-0.4, -0.2) is 29.8 Å². The Hall–Kier alpha value is -1.64. The summed E-state index contributed by atoms with van der Waals surface area (Å²) in [5.41, 5.74) is 6.37. The molecule has 0 aliphatic rings. The van der Waals surface area contributed by atoms with Gasteiger partial charge in [0, 0.05) is 16.9 Å². The van der Waals surface area contributed by atoms with E-state index in [1.165, 1.54) is 6.92 Å². The molecule has 24 heavy (non-hydrogen) atoms. The van der Waals surface area contributed by atoms with Crippen LogP contribution >= 0.6 is 22.6 Å². The highest BCUT2D eigenvalue weighted by molar-refractivity contribution is 14.1. The fraction of sp³-hybridized carbons (Fsp3) is 0.471. The predicted octanol–water partition coefficient (Wildman–Crippen LogP) is 1.35. The maximum Gasteiger partial charge on any atom is 0.243 e. The van der Waals surface area contributed by atoms with Gasteiger partial charge < -0.3 is 16.4 Å². The van der Waals surface area contributed by atoms with E-state index in [0.29, 0.717) is 12.8 Å². The molecule has 0 unspecified atom stereocenters. The van der Waals surface area contributed by atoms with E-state index < -0.39 is 23.9 Å². The van der Waals surface area contributed by atoms with Gasteiger partial charge in [0.25, 0.3) is 0 Å². The highest BCUT2D eigenvalue weighted by atomic mass is 127. The molecule has 132 valence electrons. The lowest BCUT2D eigenvalue weighted by Crippen LogP contribution is -2.53. The van der Waals surface area contributed by atoms with Gasteiger partial charge in [0.05, 0.1) is 0 Å². The van der Waals surface area contributed by atoms with Crippen LogP contribution in [0.3, 0.4) is 0 Å². The Morgan fingerprint density at radius 1 is 1.12 bits per heavy atom. The number of rotatable bonds is 8. The fourth-order valence-electron chi connectivity index (χ4n) is 2.33. The molecule has 1 aromatic rings. The Morgan fingerprint density at radius 3 is 2.25 bits per heavy atom. The summed E-state index contributed by atoms with van der Waals surface area (Å²) in [7, 11) is 0. The van der Waals surface area contributed by atoms with E-state index in [-0.39, 0.29) is 11.8 Å². The van der Waals surface area contributed by atoms with Gasteiger partial charge in [-0.25, -0.2) is 0 Å². The number of carbonyl (C=O) groups excluding carboxylic acids is 3. The van der Waals surface area contributed by atoms with Crippen molar-refractivity contribution in [2.24, 2.45) is 11.7 Å². The molecule has 2 atom stereocenters. The highest BCUT2D eigenvalue weighted by Gasteiger charge is 2.26. The average Bonchev–Trinajstić information content (AvgIpc) is 2.46. The first-order valence-corrected chi connectivity index (χ1v) is 8.88. The highest BCUT2D eigenvalue weighted by Crippen LogP contribution is 2.14. The molecule has 0 saturated heterocycles. The molecule has 7 heteroatoms. The zero-order valence-electron chi connectivity index (χ0n) is 14.1. The smallest absolute Gasteiger partial charge is 0.243 e. The van der Waals surface area contributed by atoms with Crippen molar-refractivity contribution in [3.05, 3.63) is 33.4 Å². The van der Waals surface area contributed by atoms with Crippen molar-refractivity contribution in [1.29, 1.82) is 0 Å². The summed E-state index contributed by atoms with van der Waals surface area (Å²) in [4.78, 5) is 35.5. The number of hydrogen-bond acceptors (Lipinski definition) is 3. The third-order valence-electron chi connectivity index (χ3n) is 3.44. The van der Waals surface area contributed by atoms with Crippen LogP contribution in [0, 0.1) is 9.49 Å². The van der Waals surface area contributed by atoms with Crippen molar-refractivity contribution in [2.45, 2.75) is 45.7 Å². The molecular weight excluding hydrogens is 421 g/mol. The van der Waals surface area contributed by atoms with Crippen LogP contribution in [0.2, 0.25) is 0 Å². The zero-order chi connectivity index (χ0) is 18.3. The fourth-order valence-corrected chi connectivity index (χ4v) is 2.93. The van der Waals surface area contributed by atoms with Crippen LogP contribution in [0.25, 0.3) is 0 Å². The summed E-state index contributed by atoms with van der Waals surface area (Å²) >= 11 is 2.17. The SMILES string of the molecule is CC(=O)N[C@@H](CC(C)C)C(=O)N[C@H](Cc1ccccc1I)C(N)=O. The molecule has 4 N–H and O–H groups in total. The standard InChI is InChI=1S/C17H24IN3O3/c1-10(2)8-15(20-11(3)22)17(24)21-14(16(19)23)9-12-6-4-5-7-13(12)18/h4-7,10,14-15H,8-9H2,1-3H3,(H2,19,23)(H,20,22)(H,21,24)/t14-,15+/m1/s1. The molecule has 0 aliphatic carbocycles. The summed E-state index contributed by atoms with van der Waals surface area (Å²) in [5, 5.41) is 5.30. The van der Waals surface area contributed by atoms with Gasteiger partial charge in [-0.15, -0.1) is 0 Å². The normalized spacial score (nSPS) is 13.2. The van der Waals surface area contributed by atoms with E-state index in [2.05, 4.69) is 33.2 Å². The van der Waals surface area contributed by atoms with Gasteiger partial charge in [0.1, 0.15) is 12.1 Å². The Bertz CT molecular complexity index is 604. The summed E-state index contributed by atoms with van der Waals surface area (Å²) in [6, 6.07) is 6.09. The number of nitrogens with one attached hydrogen (secondary N) is 2. The van der Waals surface area contributed by atoms with Gasteiger partial charge in [0.15, 0.2) is 0 Å². The second-order valence-electron chi connectivity index (χ2n) is 6.14. The minimum absolute atomic E-state index is 0.217. The number of benzene rings is 1. The molecule has 0 radical (unpaired) electrons. The average molecular weight is 445 g/mol. The second-order valence-corrected chi connectivity index (χ2v) is 7.30.